The third-order valence-electron chi connectivity index (χ3n) is 3.33. The molecular weight excluding hydrogens is 364 g/mol. The van der Waals surface area contributed by atoms with Crippen molar-refractivity contribution in [1.82, 2.24) is 14.9 Å². The fourth-order valence-electron chi connectivity index (χ4n) is 1.82. The van der Waals surface area contributed by atoms with Crippen LogP contribution in [-0.2, 0) is 14.8 Å². The second-order valence-electron chi connectivity index (χ2n) is 5.20. The highest BCUT2D eigenvalue weighted by Gasteiger charge is 2.16. The predicted molar refractivity (Wildman–Crippen MR) is 95.2 cm³/mol. The first-order valence-corrected chi connectivity index (χ1v) is 9.94. The number of amides is 1. The van der Waals surface area contributed by atoms with E-state index in [0.717, 1.165) is 0 Å². The molecule has 25 heavy (non-hydrogen) atoms. The molecule has 0 saturated heterocycles. The number of aromatic nitrogens is 2. The Labute approximate surface area is 150 Å². The summed E-state index contributed by atoms with van der Waals surface area (Å²) in [5.74, 6) is -0.391. The molecule has 1 aromatic heterocycles. The highest BCUT2D eigenvalue weighted by Crippen LogP contribution is 2.23. The number of anilines is 1. The van der Waals surface area contributed by atoms with Crippen LogP contribution in [0.15, 0.2) is 29.2 Å². The number of carbonyl (C=O) groups excluding carboxylic acids is 1. The molecule has 1 atom stereocenters. The van der Waals surface area contributed by atoms with E-state index in [0.29, 0.717) is 28.7 Å². The summed E-state index contributed by atoms with van der Waals surface area (Å²) in [6.07, 6.45) is 0.494. The molecule has 0 aliphatic rings. The molecule has 1 aromatic carbocycles. The van der Waals surface area contributed by atoms with E-state index in [4.69, 9.17) is 4.74 Å². The number of benzene rings is 1. The molecule has 1 heterocycles. The molecule has 2 rings (SSSR count). The van der Waals surface area contributed by atoms with Crippen molar-refractivity contribution < 1.29 is 17.9 Å². The summed E-state index contributed by atoms with van der Waals surface area (Å²) in [7, 11) is -1.98. The number of methoxy groups -OCH3 is 1. The van der Waals surface area contributed by atoms with Gasteiger partial charge >= 0.3 is 0 Å². The van der Waals surface area contributed by atoms with Gasteiger partial charge in [0.1, 0.15) is 11.1 Å². The smallest absolute Gasteiger partial charge is 0.257 e. The summed E-state index contributed by atoms with van der Waals surface area (Å²) in [4.78, 5) is 12.3. The van der Waals surface area contributed by atoms with Gasteiger partial charge in [-0.3, -0.25) is 10.1 Å². The van der Waals surface area contributed by atoms with Crippen LogP contribution < -0.4 is 10.0 Å². The highest BCUT2D eigenvalue weighted by atomic mass is 32.2. The van der Waals surface area contributed by atoms with Crippen LogP contribution in [0.5, 0.6) is 0 Å². The van der Waals surface area contributed by atoms with Gasteiger partial charge in [-0.25, -0.2) is 13.1 Å². The third-order valence-corrected chi connectivity index (χ3v) is 5.81. The van der Waals surface area contributed by atoms with E-state index in [1.165, 1.54) is 35.6 Å². The monoisotopic (exact) mass is 384 g/mol. The third kappa shape index (κ3) is 5.05. The van der Waals surface area contributed by atoms with Crippen LogP contribution in [0.25, 0.3) is 0 Å². The summed E-state index contributed by atoms with van der Waals surface area (Å²) < 4.78 is 31.7. The lowest BCUT2D eigenvalue weighted by atomic mass is 10.2. The van der Waals surface area contributed by atoms with Gasteiger partial charge < -0.3 is 4.74 Å². The Morgan fingerprint density at radius 1 is 1.28 bits per heavy atom. The van der Waals surface area contributed by atoms with Gasteiger partial charge in [-0.15, -0.1) is 10.2 Å². The second kappa shape index (κ2) is 8.48. The number of hydrogen-bond donors (Lipinski definition) is 2. The van der Waals surface area contributed by atoms with Crippen molar-refractivity contribution in [3.63, 3.8) is 0 Å². The van der Waals surface area contributed by atoms with Gasteiger partial charge in [0.05, 0.1) is 4.90 Å². The van der Waals surface area contributed by atoms with Crippen LogP contribution in [0, 0.1) is 0 Å². The lowest BCUT2D eigenvalue weighted by Crippen LogP contribution is -2.24. The van der Waals surface area contributed by atoms with Crippen molar-refractivity contribution in [2.45, 2.75) is 31.3 Å². The molecule has 0 saturated carbocycles. The first-order valence-electron chi connectivity index (χ1n) is 7.64. The average Bonchev–Trinajstić information content (AvgIpc) is 3.08. The zero-order valence-electron chi connectivity index (χ0n) is 14.1. The first-order chi connectivity index (χ1) is 11.9. The Morgan fingerprint density at radius 3 is 2.56 bits per heavy atom. The summed E-state index contributed by atoms with van der Waals surface area (Å²) >= 11 is 1.22. The molecule has 2 aromatic rings. The molecule has 0 aliphatic carbocycles. The van der Waals surface area contributed by atoms with Crippen molar-refractivity contribution in [2.75, 3.05) is 19.0 Å². The summed E-state index contributed by atoms with van der Waals surface area (Å²) in [5.41, 5.74) is 0.325. The zero-order valence-corrected chi connectivity index (χ0v) is 15.8. The number of carbonyl (C=O) groups is 1. The topological polar surface area (TPSA) is 110 Å². The lowest BCUT2D eigenvalue weighted by Gasteiger charge is -2.06. The molecular formula is C15H20N4O4S2. The molecule has 8 nitrogen and oxygen atoms in total. The van der Waals surface area contributed by atoms with E-state index < -0.39 is 15.9 Å². The van der Waals surface area contributed by atoms with Crippen LogP contribution in [0.4, 0.5) is 5.13 Å². The van der Waals surface area contributed by atoms with Gasteiger partial charge in [-0.1, -0.05) is 18.3 Å². The fraction of sp³-hybridized carbons (Fsp3) is 0.400. The SMILES string of the molecule is CCCNS(=O)(=O)c1ccc(C(=O)Nc2nnc(C(C)OC)s2)cc1. The molecule has 136 valence electrons. The minimum absolute atomic E-state index is 0.115. The minimum Gasteiger partial charge on any atom is -0.374 e. The lowest BCUT2D eigenvalue weighted by molar-refractivity contribution is 0.102. The Morgan fingerprint density at radius 2 is 1.96 bits per heavy atom. The molecule has 2 N–H and O–H groups in total. The quantitative estimate of drug-likeness (QED) is 0.722. The fourth-order valence-corrected chi connectivity index (χ4v) is 3.73. The molecule has 0 spiro atoms. The zero-order chi connectivity index (χ0) is 18.4. The van der Waals surface area contributed by atoms with Crippen LogP contribution in [0.2, 0.25) is 0 Å². The normalized spacial score (nSPS) is 12.8. The summed E-state index contributed by atoms with van der Waals surface area (Å²) in [6, 6.07) is 5.70. The van der Waals surface area contributed by atoms with Crippen LogP contribution in [-0.4, -0.2) is 38.2 Å². The Bertz CT molecular complexity index is 818. The van der Waals surface area contributed by atoms with E-state index in [-0.39, 0.29) is 11.0 Å². The first kappa shape index (κ1) is 19.4. The van der Waals surface area contributed by atoms with E-state index >= 15 is 0 Å². The molecule has 1 unspecified atom stereocenters. The molecule has 0 aliphatic heterocycles. The number of rotatable bonds is 8. The van der Waals surface area contributed by atoms with Gasteiger partial charge in [0.2, 0.25) is 15.2 Å². The van der Waals surface area contributed by atoms with Gasteiger partial charge in [-0.05, 0) is 37.6 Å². The van der Waals surface area contributed by atoms with Crippen molar-refractivity contribution in [1.29, 1.82) is 0 Å². The molecule has 10 heteroatoms. The molecule has 1 amide bonds. The van der Waals surface area contributed by atoms with Crippen molar-refractivity contribution >= 4 is 32.4 Å². The summed E-state index contributed by atoms with van der Waals surface area (Å²) in [6.45, 7) is 4.07. The summed E-state index contributed by atoms with van der Waals surface area (Å²) in [5, 5.41) is 11.5. The average molecular weight is 384 g/mol. The molecule has 0 fully saturated rings. The minimum atomic E-state index is -3.55. The van der Waals surface area contributed by atoms with E-state index in [2.05, 4.69) is 20.2 Å². The van der Waals surface area contributed by atoms with Crippen LogP contribution in [0.3, 0.4) is 0 Å². The number of hydrogen-bond acceptors (Lipinski definition) is 7. The standard InChI is InChI=1S/C15H20N4O4S2/c1-4-9-16-25(21,22)12-7-5-11(6-8-12)13(20)17-15-19-18-14(24-15)10(2)23-3/h5-8,10,16H,4,9H2,1-3H3,(H,17,19,20). The second-order valence-corrected chi connectivity index (χ2v) is 7.98. The Balaban J connectivity index is 2.06. The maximum absolute atomic E-state index is 12.2. The maximum atomic E-state index is 12.2. The number of nitrogens with zero attached hydrogens (tertiary/aromatic N) is 2. The molecule has 0 bridgehead atoms. The van der Waals surface area contributed by atoms with Gasteiger partial charge in [0, 0.05) is 19.2 Å². The van der Waals surface area contributed by atoms with Crippen molar-refractivity contribution in [2.24, 2.45) is 0 Å². The van der Waals surface area contributed by atoms with Crippen molar-refractivity contribution in [3.8, 4) is 0 Å². The van der Waals surface area contributed by atoms with Gasteiger partial charge in [-0.2, -0.15) is 0 Å². The van der Waals surface area contributed by atoms with E-state index in [9.17, 15) is 13.2 Å². The molecule has 0 radical (unpaired) electrons. The Hall–Kier alpha value is -1.88. The van der Waals surface area contributed by atoms with Crippen LogP contribution in [0.1, 0.15) is 41.7 Å². The largest absolute Gasteiger partial charge is 0.374 e. The van der Waals surface area contributed by atoms with E-state index in [1.807, 2.05) is 13.8 Å². The Kier molecular flexibility index (Phi) is 6.59. The number of nitrogens with one attached hydrogen (secondary N) is 2. The maximum Gasteiger partial charge on any atom is 0.257 e. The van der Waals surface area contributed by atoms with E-state index in [1.54, 1.807) is 7.11 Å². The van der Waals surface area contributed by atoms with Gasteiger partial charge in [0.25, 0.3) is 5.91 Å². The number of sulfonamides is 1. The van der Waals surface area contributed by atoms with Gasteiger partial charge in [0.15, 0.2) is 0 Å². The van der Waals surface area contributed by atoms with Crippen molar-refractivity contribution in [3.05, 3.63) is 34.8 Å². The number of ether oxygens (including phenoxy) is 1. The van der Waals surface area contributed by atoms with Crippen LogP contribution >= 0.6 is 11.3 Å². The predicted octanol–water partition coefficient (Wildman–Crippen LogP) is 2.19. The highest BCUT2D eigenvalue weighted by molar-refractivity contribution is 7.89.